The molecular weight excluding hydrogens is 224 g/mol. The molecule has 0 radical (unpaired) electrons. The lowest BCUT2D eigenvalue weighted by atomic mass is 10.1. The van der Waals surface area contributed by atoms with Crippen LogP contribution in [0.2, 0.25) is 0 Å². The zero-order chi connectivity index (χ0) is 12.8. The molecule has 0 unspecified atom stereocenters. The summed E-state index contributed by atoms with van der Waals surface area (Å²) < 4.78 is 0. The third-order valence-corrected chi connectivity index (χ3v) is 3.61. The highest BCUT2D eigenvalue weighted by Crippen LogP contribution is 2.03. The van der Waals surface area contributed by atoms with E-state index in [-0.39, 0.29) is 5.91 Å². The molecule has 3 nitrogen and oxygen atoms in total. The summed E-state index contributed by atoms with van der Waals surface area (Å²) in [6.07, 6.45) is 4.04. The summed E-state index contributed by atoms with van der Waals surface area (Å²) in [6.45, 7) is 6.37. The van der Waals surface area contributed by atoms with Gasteiger partial charge in [0.1, 0.15) is 0 Å². The lowest BCUT2D eigenvalue weighted by molar-refractivity contribution is -0.903. The maximum absolute atomic E-state index is 11.9. The van der Waals surface area contributed by atoms with E-state index in [1.807, 2.05) is 31.2 Å². The van der Waals surface area contributed by atoms with Crippen molar-refractivity contribution in [3.63, 3.8) is 0 Å². The first-order chi connectivity index (χ1) is 8.75. The Hall–Kier alpha value is -1.35. The molecular formula is C15H23N2O+. The first kappa shape index (κ1) is 13.1. The molecule has 1 fully saturated rings. The Balaban J connectivity index is 1.74. The van der Waals surface area contributed by atoms with E-state index in [1.165, 1.54) is 32.4 Å². The molecule has 1 aromatic carbocycles. The van der Waals surface area contributed by atoms with Crippen LogP contribution in [0.25, 0.3) is 0 Å². The fourth-order valence-corrected chi connectivity index (χ4v) is 2.54. The van der Waals surface area contributed by atoms with Gasteiger partial charge >= 0.3 is 0 Å². The van der Waals surface area contributed by atoms with Crippen LogP contribution in [-0.4, -0.2) is 32.1 Å². The predicted octanol–water partition coefficient (Wildman–Crippen LogP) is 0.794. The van der Waals surface area contributed by atoms with Crippen molar-refractivity contribution >= 4 is 5.91 Å². The van der Waals surface area contributed by atoms with E-state index < -0.39 is 0 Å². The zero-order valence-corrected chi connectivity index (χ0v) is 11.2. The minimum absolute atomic E-state index is 0.0510. The highest BCUT2D eigenvalue weighted by atomic mass is 16.1. The summed E-state index contributed by atoms with van der Waals surface area (Å²) in [7, 11) is 0. The van der Waals surface area contributed by atoms with Gasteiger partial charge in [-0.15, -0.1) is 0 Å². The number of likely N-dealkylation sites (tertiary alicyclic amines) is 1. The van der Waals surface area contributed by atoms with Gasteiger partial charge in [-0.2, -0.15) is 0 Å². The number of carbonyl (C=O) groups excluding carboxylic acids is 1. The van der Waals surface area contributed by atoms with Gasteiger partial charge < -0.3 is 10.2 Å². The van der Waals surface area contributed by atoms with E-state index >= 15 is 0 Å². The molecule has 0 spiro atoms. The van der Waals surface area contributed by atoms with Crippen molar-refractivity contribution in [2.45, 2.75) is 26.2 Å². The van der Waals surface area contributed by atoms with Crippen LogP contribution in [0.1, 0.15) is 35.2 Å². The van der Waals surface area contributed by atoms with Crippen LogP contribution in [0, 0.1) is 6.92 Å². The first-order valence-electron chi connectivity index (χ1n) is 6.94. The summed E-state index contributed by atoms with van der Waals surface area (Å²) in [5, 5.41) is 3.01. The molecule has 98 valence electrons. The van der Waals surface area contributed by atoms with Crippen LogP contribution in [0.4, 0.5) is 0 Å². The SMILES string of the molecule is Cc1cccc(C(=O)NCC[NH+]2CCCCC2)c1. The van der Waals surface area contributed by atoms with E-state index in [1.54, 1.807) is 4.90 Å². The molecule has 18 heavy (non-hydrogen) atoms. The fraction of sp³-hybridized carbons (Fsp3) is 0.533. The van der Waals surface area contributed by atoms with Gasteiger partial charge in [0, 0.05) is 5.56 Å². The van der Waals surface area contributed by atoms with Crippen LogP contribution < -0.4 is 10.2 Å². The first-order valence-corrected chi connectivity index (χ1v) is 6.94. The van der Waals surface area contributed by atoms with Crippen molar-refractivity contribution < 1.29 is 9.69 Å². The maximum atomic E-state index is 11.9. The fourth-order valence-electron chi connectivity index (χ4n) is 2.54. The largest absolute Gasteiger partial charge is 0.346 e. The number of amides is 1. The Morgan fingerprint density at radius 2 is 2.06 bits per heavy atom. The van der Waals surface area contributed by atoms with Crippen molar-refractivity contribution in [2.24, 2.45) is 0 Å². The van der Waals surface area contributed by atoms with Crippen LogP contribution in [-0.2, 0) is 0 Å². The van der Waals surface area contributed by atoms with Gasteiger partial charge in [-0.3, -0.25) is 4.79 Å². The summed E-state index contributed by atoms with van der Waals surface area (Å²) >= 11 is 0. The van der Waals surface area contributed by atoms with Gasteiger partial charge in [0.15, 0.2) is 0 Å². The molecule has 1 heterocycles. The minimum Gasteiger partial charge on any atom is -0.346 e. The Labute approximate surface area is 109 Å². The van der Waals surface area contributed by atoms with E-state index in [0.29, 0.717) is 0 Å². The summed E-state index contributed by atoms with van der Waals surface area (Å²) in [5.41, 5.74) is 1.90. The highest BCUT2D eigenvalue weighted by molar-refractivity contribution is 5.94. The molecule has 1 aliphatic heterocycles. The van der Waals surface area contributed by atoms with E-state index in [2.05, 4.69) is 5.32 Å². The Morgan fingerprint density at radius 3 is 2.78 bits per heavy atom. The molecule has 3 heteroatoms. The number of hydrogen-bond acceptors (Lipinski definition) is 1. The van der Waals surface area contributed by atoms with E-state index in [4.69, 9.17) is 0 Å². The van der Waals surface area contributed by atoms with Gasteiger partial charge in [0.05, 0.1) is 26.2 Å². The number of piperidine rings is 1. The van der Waals surface area contributed by atoms with Crippen LogP contribution in [0.5, 0.6) is 0 Å². The standard InChI is InChI=1S/C15H22N2O/c1-13-6-5-7-14(12-13)15(18)16-8-11-17-9-3-2-4-10-17/h5-7,12H,2-4,8-11H2,1H3,(H,16,18)/p+1. The molecule has 0 bridgehead atoms. The van der Waals surface area contributed by atoms with Gasteiger partial charge in [-0.05, 0) is 38.3 Å². The van der Waals surface area contributed by atoms with E-state index in [0.717, 1.165) is 24.2 Å². The van der Waals surface area contributed by atoms with Gasteiger partial charge in [-0.25, -0.2) is 0 Å². The lowest BCUT2D eigenvalue weighted by Crippen LogP contribution is -3.13. The second-order valence-electron chi connectivity index (χ2n) is 5.19. The molecule has 0 aromatic heterocycles. The molecule has 1 aliphatic rings. The normalized spacial score (nSPS) is 16.5. The summed E-state index contributed by atoms with van der Waals surface area (Å²) in [5.74, 6) is 0.0510. The molecule has 1 aromatic rings. The maximum Gasteiger partial charge on any atom is 0.251 e. The second-order valence-corrected chi connectivity index (χ2v) is 5.19. The number of benzene rings is 1. The molecule has 0 saturated carbocycles. The van der Waals surface area contributed by atoms with Gasteiger partial charge in [0.2, 0.25) is 0 Å². The lowest BCUT2D eigenvalue weighted by Gasteiger charge is -2.23. The molecule has 0 atom stereocenters. The third-order valence-electron chi connectivity index (χ3n) is 3.61. The Morgan fingerprint density at radius 1 is 1.28 bits per heavy atom. The average molecular weight is 247 g/mol. The number of quaternary nitrogens is 1. The molecule has 2 N–H and O–H groups in total. The number of aryl methyl sites for hydroxylation is 1. The van der Waals surface area contributed by atoms with Crippen molar-refractivity contribution in [3.05, 3.63) is 35.4 Å². The monoisotopic (exact) mass is 247 g/mol. The number of rotatable bonds is 4. The zero-order valence-electron chi connectivity index (χ0n) is 11.2. The van der Waals surface area contributed by atoms with E-state index in [9.17, 15) is 4.79 Å². The molecule has 0 aliphatic carbocycles. The van der Waals surface area contributed by atoms with Crippen LogP contribution in [0.15, 0.2) is 24.3 Å². The van der Waals surface area contributed by atoms with Crippen molar-refractivity contribution in [3.8, 4) is 0 Å². The average Bonchev–Trinajstić information content (AvgIpc) is 2.40. The summed E-state index contributed by atoms with van der Waals surface area (Å²) in [6, 6.07) is 7.74. The number of nitrogens with one attached hydrogen (secondary N) is 2. The molecule has 1 saturated heterocycles. The minimum atomic E-state index is 0.0510. The topological polar surface area (TPSA) is 33.5 Å². The quantitative estimate of drug-likeness (QED) is 0.810. The third kappa shape index (κ3) is 3.84. The number of carbonyl (C=O) groups is 1. The van der Waals surface area contributed by atoms with Gasteiger partial charge in [0.25, 0.3) is 5.91 Å². The summed E-state index contributed by atoms with van der Waals surface area (Å²) in [4.78, 5) is 13.5. The van der Waals surface area contributed by atoms with Crippen molar-refractivity contribution in [1.29, 1.82) is 0 Å². The van der Waals surface area contributed by atoms with Crippen molar-refractivity contribution in [2.75, 3.05) is 26.2 Å². The molecule has 1 amide bonds. The van der Waals surface area contributed by atoms with Crippen LogP contribution in [0.3, 0.4) is 0 Å². The number of hydrogen-bond donors (Lipinski definition) is 2. The highest BCUT2D eigenvalue weighted by Gasteiger charge is 2.13. The predicted molar refractivity (Wildman–Crippen MR) is 72.9 cm³/mol. The van der Waals surface area contributed by atoms with Crippen LogP contribution >= 0.6 is 0 Å². The molecule has 2 rings (SSSR count). The Bertz CT molecular complexity index is 397. The van der Waals surface area contributed by atoms with Crippen molar-refractivity contribution in [1.82, 2.24) is 5.32 Å². The smallest absolute Gasteiger partial charge is 0.251 e. The Kier molecular flexibility index (Phi) is 4.76. The van der Waals surface area contributed by atoms with Gasteiger partial charge in [-0.1, -0.05) is 17.7 Å². The second kappa shape index (κ2) is 6.55.